The van der Waals surface area contributed by atoms with Crippen LogP contribution in [-0.4, -0.2) is 0 Å². The molecule has 1 aliphatic rings. The standard InChI is InChI=1S/C12H17Cl/c1-7-8(2)10(4)12(6,9(7)3)11(5)13/h5H2,1-4,6H3. The lowest BCUT2D eigenvalue weighted by Gasteiger charge is -2.28. The van der Waals surface area contributed by atoms with Crippen LogP contribution in [0.25, 0.3) is 0 Å². The quantitative estimate of drug-likeness (QED) is 0.582. The third-order valence-electron chi connectivity index (χ3n) is 3.73. The second-order valence-corrected chi connectivity index (χ2v) is 4.49. The van der Waals surface area contributed by atoms with Gasteiger partial charge >= 0.3 is 0 Å². The largest absolute Gasteiger partial charge is 0.0885 e. The second-order valence-electron chi connectivity index (χ2n) is 4.03. The van der Waals surface area contributed by atoms with Crippen molar-refractivity contribution in [2.45, 2.75) is 34.6 Å². The second kappa shape index (κ2) is 3.02. The van der Waals surface area contributed by atoms with Crippen LogP contribution < -0.4 is 0 Å². The predicted molar refractivity (Wildman–Crippen MR) is 59.8 cm³/mol. The fourth-order valence-electron chi connectivity index (χ4n) is 2.00. The molecule has 0 spiro atoms. The minimum atomic E-state index is -0.115. The Labute approximate surface area is 86.0 Å². The monoisotopic (exact) mass is 196 g/mol. The van der Waals surface area contributed by atoms with E-state index in [9.17, 15) is 0 Å². The van der Waals surface area contributed by atoms with Gasteiger partial charge in [-0.1, -0.05) is 29.3 Å². The Kier molecular flexibility index (Phi) is 2.46. The maximum absolute atomic E-state index is 6.08. The summed E-state index contributed by atoms with van der Waals surface area (Å²) < 4.78 is 0. The highest BCUT2D eigenvalue weighted by molar-refractivity contribution is 6.30. The minimum Gasteiger partial charge on any atom is -0.0885 e. The summed E-state index contributed by atoms with van der Waals surface area (Å²) in [5, 5.41) is 0.721. The molecule has 0 nitrogen and oxygen atoms in total. The van der Waals surface area contributed by atoms with Crippen molar-refractivity contribution in [3.63, 3.8) is 0 Å². The molecular formula is C12H17Cl. The van der Waals surface area contributed by atoms with E-state index in [-0.39, 0.29) is 5.41 Å². The van der Waals surface area contributed by atoms with Crippen LogP contribution in [0.5, 0.6) is 0 Å². The Morgan fingerprint density at radius 3 is 1.54 bits per heavy atom. The van der Waals surface area contributed by atoms with Crippen LogP contribution in [0, 0.1) is 5.41 Å². The van der Waals surface area contributed by atoms with Crippen molar-refractivity contribution >= 4 is 11.6 Å². The van der Waals surface area contributed by atoms with Gasteiger partial charge in [0, 0.05) is 10.4 Å². The molecule has 0 unspecified atom stereocenters. The predicted octanol–water partition coefficient (Wildman–Crippen LogP) is 4.43. The molecule has 1 heteroatoms. The van der Waals surface area contributed by atoms with Gasteiger partial charge in [-0.25, -0.2) is 0 Å². The lowest BCUT2D eigenvalue weighted by Crippen LogP contribution is -2.17. The van der Waals surface area contributed by atoms with Crippen LogP contribution in [0.2, 0.25) is 0 Å². The van der Waals surface area contributed by atoms with E-state index in [0.29, 0.717) is 0 Å². The number of halogens is 1. The van der Waals surface area contributed by atoms with Crippen molar-refractivity contribution in [2.24, 2.45) is 5.41 Å². The van der Waals surface area contributed by atoms with E-state index in [1.54, 1.807) is 0 Å². The summed E-state index contributed by atoms with van der Waals surface area (Å²) in [5.41, 5.74) is 5.28. The Bertz CT molecular complexity index is 305. The molecule has 13 heavy (non-hydrogen) atoms. The van der Waals surface area contributed by atoms with Crippen LogP contribution >= 0.6 is 11.6 Å². The summed E-state index contributed by atoms with van der Waals surface area (Å²) in [5.74, 6) is 0. The highest BCUT2D eigenvalue weighted by Crippen LogP contribution is 2.51. The molecule has 0 radical (unpaired) electrons. The molecule has 0 N–H and O–H groups in total. The SMILES string of the molecule is C=C(Cl)C1(C)C(C)=C(C)C(C)=C1C. The van der Waals surface area contributed by atoms with Crippen molar-refractivity contribution in [1.82, 2.24) is 0 Å². The van der Waals surface area contributed by atoms with Gasteiger partial charge in [-0.15, -0.1) is 0 Å². The van der Waals surface area contributed by atoms with E-state index in [1.807, 2.05) is 0 Å². The Morgan fingerprint density at radius 1 is 1.08 bits per heavy atom. The van der Waals surface area contributed by atoms with E-state index in [4.69, 9.17) is 11.6 Å². The minimum absolute atomic E-state index is 0.115. The molecule has 0 aliphatic heterocycles. The summed E-state index contributed by atoms with van der Waals surface area (Å²) >= 11 is 6.08. The molecule has 0 aromatic rings. The van der Waals surface area contributed by atoms with Crippen LogP contribution in [0.15, 0.2) is 33.9 Å². The third-order valence-corrected chi connectivity index (χ3v) is 4.11. The molecule has 1 aliphatic carbocycles. The van der Waals surface area contributed by atoms with Gasteiger partial charge in [-0.3, -0.25) is 0 Å². The van der Waals surface area contributed by atoms with Crippen molar-refractivity contribution in [1.29, 1.82) is 0 Å². The molecule has 0 atom stereocenters. The molecule has 0 amide bonds. The molecule has 0 fully saturated rings. The summed E-state index contributed by atoms with van der Waals surface area (Å²) in [7, 11) is 0. The van der Waals surface area contributed by atoms with Crippen LogP contribution in [0.1, 0.15) is 34.6 Å². The van der Waals surface area contributed by atoms with Crippen molar-refractivity contribution in [3.8, 4) is 0 Å². The highest BCUT2D eigenvalue weighted by Gasteiger charge is 2.37. The third kappa shape index (κ3) is 1.20. The number of rotatable bonds is 1. The summed E-state index contributed by atoms with van der Waals surface area (Å²) in [6.45, 7) is 14.6. The fraction of sp³-hybridized carbons (Fsp3) is 0.500. The van der Waals surface area contributed by atoms with Gasteiger partial charge in [0.2, 0.25) is 0 Å². The topological polar surface area (TPSA) is 0 Å². The molecule has 72 valence electrons. The molecular weight excluding hydrogens is 180 g/mol. The molecule has 0 aromatic heterocycles. The molecule has 0 aromatic carbocycles. The first-order valence-electron chi connectivity index (χ1n) is 4.54. The van der Waals surface area contributed by atoms with Gasteiger partial charge in [0.05, 0.1) is 0 Å². The van der Waals surface area contributed by atoms with Gasteiger partial charge < -0.3 is 0 Å². The van der Waals surface area contributed by atoms with Crippen LogP contribution in [0.3, 0.4) is 0 Å². The smallest absolute Gasteiger partial charge is 0.0450 e. The summed E-state index contributed by atoms with van der Waals surface area (Å²) in [6, 6.07) is 0. The average Bonchev–Trinajstić information content (AvgIpc) is 2.22. The molecule has 0 saturated carbocycles. The number of hydrogen-bond donors (Lipinski definition) is 0. The van der Waals surface area contributed by atoms with Crippen molar-refractivity contribution < 1.29 is 0 Å². The zero-order chi connectivity index (χ0) is 10.4. The van der Waals surface area contributed by atoms with Gasteiger partial charge in [0.25, 0.3) is 0 Å². The van der Waals surface area contributed by atoms with E-state index in [2.05, 4.69) is 41.2 Å². The van der Waals surface area contributed by atoms with E-state index < -0.39 is 0 Å². The Hall–Kier alpha value is -0.490. The average molecular weight is 197 g/mol. The van der Waals surface area contributed by atoms with Crippen molar-refractivity contribution in [3.05, 3.63) is 33.9 Å². The maximum Gasteiger partial charge on any atom is 0.0450 e. The number of hydrogen-bond acceptors (Lipinski definition) is 0. The van der Waals surface area contributed by atoms with Crippen LogP contribution in [0.4, 0.5) is 0 Å². The Balaban J connectivity index is 3.39. The first-order valence-corrected chi connectivity index (χ1v) is 4.92. The van der Waals surface area contributed by atoms with Gasteiger partial charge in [0.15, 0.2) is 0 Å². The van der Waals surface area contributed by atoms with Gasteiger partial charge in [-0.2, -0.15) is 0 Å². The zero-order valence-corrected chi connectivity index (χ0v) is 9.84. The van der Waals surface area contributed by atoms with Gasteiger partial charge in [0.1, 0.15) is 0 Å². The maximum atomic E-state index is 6.08. The molecule has 0 bridgehead atoms. The lowest BCUT2D eigenvalue weighted by atomic mass is 9.79. The highest BCUT2D eigenvalue weighted by atomic mass is 35.5. The Morgan fingerprint density at radius 2 is 1.38 bits per heavy atom. The molecule has 1 rings (SSSR count). The summed E-state index contributed by atoms with van der Waals surface area (Å²) in [6.07, 6.45) is 0. The van der Waals surface area contributed by atoms with E-state index >= 15 is 0 Å². The molecule has 0 saturated heterocycles. The summed E-state index contributed by atoms with van der Waals surface area (Å²) in [4.78, 5) is 0. The normalized spacial score (nSPS) is 21.4. The van der Waals surface area contributed by atoms with Gasteiger partial charge in [-0.05, 0) is 45.8 Å². The van der Waals surface area contributed by atoms with Crippen LogP contribution in [-0.2, 0) is 0 Å². The fourth-order valence-corrected chi connectivity index (χ4v) is 2.28. The van der Waals surface area contributed by atoms with E-state index in [0.717, 1.165) is 5.03 Å². The first-order chi connectivity index (χ1) is 5.83. The first kappa shape index (κ1) is 10.6. The zero-order valence-electron chi connectivity index (χ0n) is 9.09. The van der Waals surface area contributed by atoms with E-state index in [1.165, 1.54) is 22.3 Å². The number of allylic oxidation sites excluding steroid dienone is 5. The lowest BCUT2D eigenvalue weighted by molar-refractivity contribution is 0.613. The van der Waals surface area contributed by atoms with Crippen molar-refractivity contribution in [2.75, 3.05) is 0 Å². The molecule has 0 heterocycles.